The summed E-state index contributed by atoms with van der Waals surface area (Å²) in [5, 5.41) is 4.35. The standard InChI is InChI=1S/C12H14N4O/c1-2-4-17-12(3-1)16-8-11(7-15-16)10-5-13-9-14-6-10/h5-9,12H,1-4H2/t12-/m1/s1. The fourth-order valence-corrected chi connectivity index (χ4v) is 2.03. The van der Waals surface area contributed by atoms with Gasteiger partial charge in [0.2, 0.25) is 0 Å². The molecule has 1 aliphatic rings. The highest BCUT2D eigenvalue weighted by molar-refractivity contribution is 5.59. The molecule has 88 valence electrons. The highest BCUT2D eigenvalue weighted by Crippen LogP contribution is 2.24. The van der Waals surface area contributed by atoms with Crippen molar-refractivity contribution >= 4 is 0 Å². The van der Waals surface area contributed by atoms with Gasteiger partial charge < -0.3 is 4.74 Å². The summed E-state index contributed by atoms with van der Waals surface area (Å²) in [5.74, 6) is 0. The smallest absolute Gasteiger partial charge is 0.150 e. The summed E-state index contributed by atoms with van der Waals surface area (Å²) in [4.78, 5) is 8.01. The highest BCUT2D eigenvalue weighted by atomic mass is 16.5. The van der Waals surface area contributed by atoms with Gasteiger partial charge in [0, 0.05) is 36.3 Å². The van der Waals surface area contributed by atoms with Crippen molar-refractivity contribution in [2.24, 2.45) is 0 Å². The number of aromatic nitrogens is 4. The summed E-state index contributed by atoms with van der Waals surface area (Å²) in [6.07, 6.45) is 12.4. The van der Waals surface area contributed by atoms with Crippen molar-refractivity contribution in [3.63, 3.8) is 0 Å². The van der Waals surface area contributed by atoms with Crippen LogP contribution in [0.5, 0.6) is 0 Å². The summed E-state index contributed by atoms with van der Waals surface area (Å²) in [6.45, 7) is 0.828. The molecule has 0 aliphatic carbocycles. The van der Waals surface area contributed by atoms with Crippen molar-refractivity contribution in [1.82, 2.24) is 19.7 Å². The first-order valence-corrected chi connectivity index (χ1v) is 5.84. The molecule has 3 heterocycles. The minimum atomic E-state index is 0.0853. The van der Waals surface area contributed by atoms with Crippen LogP contribution in [0.4, 0.5) is 0 Å². The molecule has 2 aromatic heterocycles. The van der Waals surface area contributed by atoms with E-state index in [-0.39, 0.29) is 6.23 Å². The summed E-state index contributed by atoms with van der Waals surface area (Å²) in [5.41, 5.74) is 2.01. The van der Waals surface area contributed by atoms with Crippen LogP contribution in [0.15, 0.2) is 31.1 Å². The zero-order chi connectivity index (χ0) is 11.5. The van der Waals surface area contributed by atoms with Crippen LogP contribution in [0, 0.1) is 0 Å². The van der Waals surface area contributed by atoms with E-state index in [1.807, 2.05) is 17.1 Å². The molecule has 0 N–H and O–H groups in total. The van der Waals surface area contributed by atoms with Crippen LogP contribution in [0.1, 0.15) is 25.5 Å². The topological polar surface area (TPSA) is 52.8 Å². The summed E-state index contributed by atoms with van der Waals surface area (Å²) in [7, 11) is 0. The summed E-state index contributed by atoms with van der Waals surface area (Å²) < 4.78 is 7.57. The maximum absolute atomic E-state index is 5.68. The van der Waals surface area contributed by atoms with Crippen molar-refractivity contribution in [3.8, 4) is 11.1 Å². The Morgan fingerprint density at radius 1 is 1.12 bits per heavy atom. The fourth-order valence-electron chi connectivity index (χ4n) is 2.03. The molecule has 0 unspecified atom stereocenters. The van der Waals surface area contributed by atoms with Gasteiger partial charge in [-0.25, -0.2) is 14.6 Å². The van der Waals surface area contributed by atoms with Crippen LogP contribution >= 0.6 is 0 Å². The highest BCUT2D eigenvalue weighted by Gasteiger charge is 2.16. The maximum Gasteiger partial charge on any atom is 0.150 e. The number of hydrogen-bond acceptors (Lipinski definition) is 4. The van der Waals surface area contributed by atoms with Crippen LogP contribution in [-0.4, -0.2) is 26.4 Å². The van der Waals surface area contributed by atoms with Gasteiger partial charge in [-0.05, 0) is 19.3 Å². The first-order valence-electron chi connectivity index (χ1n) is 5.84. The van der Waals surface area contributed by atoms with Gasteiger partial charge in [-0.2, -0.15) is 5.10 Å². The molecule has 0 spiro atoms. The molecule has 1 aliphatic heterocycles. The van der Waals surface area contributed by atoms with Crippen molar-refractivity contribution < 1.29 is 4.74 Å². The van der Waals surface area contributed by atoms with Gasteiger partial charge in [0.25, 0.3) is 0 Å². The van der Waals surface area contributed by atoms with Gasteiger partial charge >= 0.3 is 0 Å². The zero-order valence-electron chi connectivity index (χ0n) is 9.49. The van der Waals surface area contributed by atoms with Crippen LogP contribution < -0.4 is 0 Å². The maximum atomic E-state index is 5.68. The quantitative estimate of drug-likeness (QED) is 0.792. The Balaban J connectivity index is 1.83. The van der Waals surface area contributed by atoms with Crippen molar-refractivity contribution in [2.75, 3.05) is 6.61 Å². The first-order chi connectivity index (χ1) is 8.43. The van der Waals surface area contributed by atoms with E-state index >= 15 is 0 Å². The SMILES string of the molecule is c1ncc(-c2cnn([C@H]3CCCCO3)c2)cn1. The minimum absolute atomic E-state index is 0.0853. The largest absolute Gasteiger partial charge is 0.357 e. The van der Waals surface area contributed by atoms with E-state index in [1.54, 1.807) is 12.4 Å². The molecular weight excluding hydrogens is 216 g/mol. The van der Waals surface area contributed by atoms with Crippen molar-refractivity contribution in [3.05, 3.63) is 31.1 Å². The molecule has 2 aromatic rings. The average Bonchev–Trinajstić information content (AvgIpc) is 2.90. The third-order valence-electron chi connectivity index (χ3n) is 2.95. The Labute approximate surface area is 99.5 Å². The predicted molar refractivity (Wildman–Crippen MR) is 62.1 cm³/mol. The Morgan fingerprint density at radius 2 is 2.00 bits per heavy atom. The zero-order valence-corrected chi connectivity index (χ0v) is 9.49. The molecule has 1 atom stereocenters. The van der Waals surface area contributed by atoms with E-state index in [4.69, 9.17) is 4.74 Å². The van der Waals surface area contributed by atoms with Gasteiger partial charge in [0.1, 0.15) is 12.6 Å². The monoisotopic (exact) mass is 230 g/mol. The van der Waals surface area contributed by atoms with Crippen LogP contribution in [0.2, 0.25) is 0 Å². The van der Waals surface area contributed by atoms with Crippen molar-refractivity contribution in [2.45, 2.75) is 25.5 Å². The van der Waals surface area contributed by atoms with Crippen LogP contribution in [0.25, 0.3) is 11.1 Å². The molecule has 0 saturated carbocycles. The lowest BCUT2D eigenvalue weighted by atomic mass is 10.2. The third kappa shape index (κ3) is 2.19. The Bertz CT molecular complexity index is 476. The molecule has 1 fully saturated rings. The van der Waals surface area contributed by atoms with E-state index in [2.05, 4.69) is 15.1 Å². The fraction of sp³-hybridized carbons (Fsp3) is 0.417. The second-order valence-electron chi connectivity index (χ2n) is 4.16. The lowest BCUT2D eigenvalue weighted by Crippen LogP contribution is -2.18. The van der Waals surface area contributed by atoms with Crippen molar-refractivity contribution in [1.29, 1.82) is 0 Å². The molecule has 0 aromatic carbocycles. The molecule has 5 nitrogen and oxygen atoms in total. The number of nitrogens with zero attached hydrogens (tertiary/aromatic N) is 4. The van der Waals surface area contributed by atoms with Crippen LogP contribution in [0.3, 0.4) is 0 Å². The first kappa shape index (κ1) is 10.4. The molecule has 3 rings (SSSR count). The number of rotatable bonds is 2. The minimum Gasteiger partial charge on any atom is -0.357 e. The summed E-state index contributed by atoms with van der Waals surface area (Å²) >= 11 is 0. The molecule has 0 amide bonds. The molecular formula is C12H14N4O. The van der Waals surface area contributed by atoms with Gasteiger partial charge in [0.05, 0.1) is 6.20 Å². The van der Waals surface area contributed by atoms with E-state index in [0.29, 0.717) is 0 Å². The molecule has 0 radical (unpaired) electrons. The average molecular weight is 230 g/mol. The second kappa shape index (κ2) is 4.63. The Morgan fingerprint density at radius 3 is 2.76 bits per heavy atom. The molecule has 1 saturated heterocycles. The molecule has 5 heteroatoms. The van der Waals surface area contributed by atoms with E-state index < -0.39 is 0 Å². The molecule has 0 bridgehead atoms. The molecule has 17 heavy (non-hydrogen) atoms. The van der Waals surface area contributed by atoms with E-state index in [9.17, 15) is 0 Å². The van der Waals surface area contributed by atoms with Crippen LogP contribution in [-0.2, 0) is 4.74 Å². The number of hydrogen-bond donors (Lipinski definition) is 0. The third-order valence-corrected chi connectivity index (χ3v) is 2.95. The van der Waals surface area contributed by atoms with E-state index in [1.165, 1.54) is 12.7 Å². The normalized spacial score (nSPS) is 20.4. The van der Waals surface area contributed by atoms with Gasteiger partial charge in [-0.15, -0.1) is 0 Å². The van der Waals surface area contributed by atoms with E-state index in [0.717, 1.165) is 30.6 Å². The lowest BCUT2D eigenvalue weighted by Gasteiger charge is -2.22. The van der Waals surface area contributed by atoms with Gasteiger partial charge in [0.15, 0.2) is 0 Å². The lowest BCUT2D eigenvalue weighted by molar-refractivity contribution is -0.0394. The Hall–Kier alpha value is -1.75. The Kier molecular flexibility index (Phi) is 2.83. The van der Waals surface area contributed by atoms with Gasteiger partial charge in [-0.1, -0.05) is 0 Å². The van der Waals surface area contributed by atoms with Gasteiger partial charge in [-0.3, -0.25) is 0 Å². The summed E-state index contributed by atoms with van der Waals surface area (Å²) in [6, 6.07) is 0. The second-order valence-corrected chi connectivity index (χ2v) is 4.16. The number of ether oxygens (including phenoxy) is 1. The predicted octanol–water partition coefficient (Wildman–Crippen LogP) is 2.04.